The molecule has 24 heavy (non-hydrogen) atoms. The first-order valence-electron chi connectivity index (χ1n) is 7.95. The molecule has 122 valence electrons. The Bertz CT molecular complexity index is 765. The molecule has 0 saturated carbocycles. The van der Waals surface area contributed by atoms with Gasteiger partial charge in [0.05, 0.1) is 7.11 Å². The number of methoxy groups -OCH3 is 1. The van der Waals surface area contributed by atoms with Gasteiger partial charge in [0.1, 0.15) is 5.75 Å². The van der Waals surface area contributed by atoms with Crippen molar-refractivity contribution in [2.45, 2.75) is 0 Å². The average Bonchev–Trinajstić information content (AvgIpc) is 2.64. The molecule has 0 aliphatic carbocycles. The molecule has 0 saturated heterocycles. The fraction of sp³-hybridized carbons (Fsp3) is 0.143. The molecule has 0 aromatic heterocycles. The zero-order valence-electron chi connectivity index (χ0n) is 14.3. The summed E-state index contributed by atoms with van der Waals surface area (Å²) < 4.78 is 5.28. The zero-order valence-corrected chi connectivity index (χ0v) is 14.3. The second kappa shape index (κ2) is 7.09. The molecule has 0 fully saturated rings. The molecule has 0 unspecified atom stereocenters. The van der Waals surface area contributed by atoms with Gasteiger partial charge in [-0.3, -0.25) is 0 Å². The Hall–Kier alpha value is -2.94. The van der Waals surface area contributed by atoms with Gasteiger partial charge in [0.2, 0.25) is 0 Å². The third kappa shape index (κ3) is 3.35. The van der Waals surface area contributed by atoms with Crippen LogP contribution >= 0.6 is 0 Å². The van der Waals surface area contributed by atoms with E-state index >= 15 is 0 Å². The van der Waals surface area contributed by atoms with Crippen LogP contribution in [0.4, 0.5) is 22.7 Å². The molecule has 3 aromatic carbocycles. The summed E-state index contributed by atoms with van der Waals surface area (Å²) in [5.74, 6) is 0.856. The molecule has 3 rings (SSSR count). The van der Waals surface area contributed by atoms with Crippen LogP contribution < -0.4 is 14.5 Å². The van der Waals surface area contributed by atoms with Gasteiger partial charge in [-0.2, -0.15) is 0 Å². The van der Waals surface area contributed by atoms with Crippen molar-refractivity contribution >= 4 is 22.7 Å². The molecule has 0 radical (unpaired) electrons. The lowest BCUT2D eigenvalue weighted by molar-refractivity contribution is 0.415. The maximum atomic E-state index is 5.28. The number of nitrogens with zero attached hydrogens (tertiary/aromatic N) is 2. The Kier molecular flexibility index (Phi) is 4.71. The van der Waals surface area contributed by atoms with Gasteiger partial charge in [-0.15, -0.1) is 0 Å². The Morgan fingerprint density at radius 3 is 1.54 bits per heavy atom. The van der Waals surface area contributed by atoms with E-state index < -0.39 is 0 Å². The van der Waals surface area contributed by atoms with Crippen molar-refractivity contribution in [3.63, 3.8) is 0 Å². The Labute approximate surface area is 143 Å². The number of ether oxygens (including phenoxy) is 1. The largest absolute Gasteiger partial charge is 0.497 e. The van der Waals surface area contributed by atoms with E-state index in [0.29, 0.717) is 0 Å². The van der Waals surface area contributed by atoms with Gasteiger partial charge in [-0.1, -0.05) is 18.2 Å². The van der Waals surface area contributed by atoms with E-state index in [1.165, 1.54) is 5.69 Å². The van der Waals surface area contributed by atoms with E-state index in [1.54, 1.807) is 7.11 Å². The van der Waals surface area contributed by atoms with Crippen molar-refractivity contribution in [3.8, 4) is 5.75 Å². The van der Waals surface area contributed by atoms with E-state index in [1.807, 2.05) is 32.3 Å². The summed E-state index contributed by atoms with van der Waals surface area (Å²) in [6, 6.07) is 27.1. The highest BCUT2D eigenvalue weighted by Gasteiger charge is 2.12. The highest BCUT2D eigenvalue weighted by Crippen LogP contribution is 2.35. The monoisotopic (exact) mass is 318 g/mol. The molecule has 0 N–H and O–H groups in total. The van der Waals surface area contributed by atoms with Crippen LogP contribution in [0.1, 0.15) is 0 Å². The number of hydrogen-bond donors (Lipinski definition) is 0. The highest BCUT2D eigenvalue weighted by molar-refractivity contribution is 5.77. The summed E-state index contributed by atoms with van der Waals surface area (Å²) in [6.07, 6.45) is 0. The minimum Gasteiger partial charge on any atom is -0.497 e. The molecule has 0 atom stereocenters. The lowest BCUT2D eigenvalue weighted by Gasteiger charge is -2.26. The number of hydrogen-bond acceptors (Lipinski definition) is 3. The molecule has 0 heterocycles. The predicted molar refractivity (Wildman–Crippen MR) is 102 cm³/mol. The molecular formula is C21H22N2O. The summed E-state index contributed by atoms with van der Waals surface area (Å²) in [5.41, 5.74) is 4.53. The first-order chi connectivity index (χ1) is 11.7. The smallest absolute Gasteiger partial charge is 0.119 e. The zero-order chi connectivity index (χ0) is 16.9. The van der Waals surface area contributed by atoms with Crippen molar-refractivity contribution in [2.75, 3.05) is 31.0 Å². The van der Waals surface area contributed by atoms with Gasteiger partial charge in [0.15, 0.2) is 0 Å². The van der Waals surface area contributed by atoms with Crippen molar-refractivity contribution in [1.29, 1.82) is 0 Å². The van der Waals surface area contributed by atoms with Crippen LogP contribution in [-0.4, -0.2) is 21.2 Å². The van der Waals surface area contributed by atoms with E-state index in [2.05, 4.69) is 70.5 Å². The normalized spacial score (nSPS) is 10.3. The second-order valence-electron chi connectivity index (χ2n) is 5.78. The minimum atomic E-state index is 0.856. The maximum Gasteiger partial charge on any atom is 0.119 e. The first-order valence-corrected chi connectivity index (χ1v) is 7.95. The van der Waals surface area contributed by atoms with E-state index in [0.717, 1.165) is 22.8 Å². The van der Waals surface area contributed by atoms with Gasteiger partial charge < -0.3 is 14.5 Å². The number of rotatable bonds is 5. The molecular weight excluding hydrogens is 296 g/mol. The topological polar surface area (TPSA) is 15.7 Å². The van der Waals surface area contributed by atoms with Gasteiger partial charge >= 0.3 is 0 Å². The summed E-state index contributed by atoms with van der Waals surface area (Å²) in [7, 11) is 5.78. The summed E-state index contributed by atoms with van der Waals surface area (Å²) in [6.45, 7) is 0. The highest BCUT2D eigenvalue weighted by atomic mass is 16.5. The fourth-order valence-electron chi connectivity index (χ4n) is 2.66. The summed E-state index contributed by atoms with van der Waals surface area (Å²) in [5, 5.41) is 0. The Morgan fingerprint density at radius 2 is 1.04 bits per heavy atom. The van der Waals surface area contributed by atoms with Gasteiger partial charge in [-0.25, -0.2) is 0 Å². The molecule has 3 heteroatoms. The second-order valence-corrected chi connectivity index (χ2v) is 5.78. The molecule has 0 bridgehead atoms. The third-order valence-electron chi connectivity index (χ3n) is 3.97. The van der Waals surface area contributed by atoms with Crippen LogP contribution in [0.25, 0.3) is 0 Å². The van der Waals surface area contributed by atoms with Crippen LogP contribution in [0.3, 0.4) is 0 Å². The minimum absolute atomic E-state index is 0.856. The fourth-order valence-corrected chi connectivity index (χ4v) is 2.66. The summed E-state index contributed by atoms with van der Waals surface area (Å²) in [4.78, 5) is 4.34. The summed E-state index contributed by atoms with van der Waals surface area (Å²) >= 11 is 0. The van der Waals surface area contributed by atoms with Crippen LogP contribution in [-0.2, 0) is 0 Å². The Morgan fingerprint density at radius 1 is 0.583 bits per heavy atom. The van der Waals surface area contributed by atoms with Gasteiger partial charge in [0.25, 0.3) is 0 Å². The molecule has 0 spiro atoms. The van der Waals surface area contributed by atoms with Crippen molar-refractivity contribution in [2.24, 2.45) is 0 Å². The van der Waals surface area contributed by atoms with Crippen molar-refractivity contribution in [3.05, 3.63) is 78.9 Å². The SMILES string of the molecule is COc1ccc(N(c2ccccc2)c2ccc(N(C)C)cc2)cc1. The number of benzene rings is 3. The number of para-hydroxylation sites is 1. The number of anilines is 4. The van der Waals surface area contributed by atoms with E-state index in [4.69, 9.17) is 4.74 Å². The lowest BCUT2D eigenvalue weighted by Crippen LogP contribution is -2.11. The molecule has 0 aliphatic heterocycles. The van der Waals surface area contributed by atoms with Crippen molar-refractivity contribution in [1.82, 2.24) is 0 Å². The first kappa shape index (κ1) is 15.9. The van der Waals surface area contributed by atoms with Gasteiger partial charge in [-0.05, 0) is 60.7 Å². The molecule has 0 amide bonds. The van der Waals surface area contributed by atoms with E-state index in [9.17, 15) is 0 Å². The lowest BCUT2D eigenvalue weighted by atomic mass is 10.1. The standard InChI is InChI=1S/C21H22N2O/c1-22(2)17-9-11-19(12-10-17)23(18-7-5-4-6-8-18)20-13-15-21(24-3)16-14-20/h4-16H,1-3H3. The maximum absolute atomic E-state index is 5.28. The quantitative estimate of drug-likeness (QED) is 0.640. The molecule has 3 nitrogen and oxygen atoms in total. The predicted octanol–water partition coefficient (Wildman–Crippen LogP) is 5.23. The van der Waals surface area contributed by atoms with Crippen LogP contribution in [0.2, 0.25) is 0 Å². The molecule has 3 aromatic rings. The van der Waals surface area contributed by atoms with Crippen LogP contribution in [0, 0.1) is 0 Å². The Balaban J connectivity index is 2.04. The van der Waals surface area contributed by atoms with Crippen LogP contribution in [0.5, 0.6) is 5.75 Å². The van der Waals surface area contributed by atoms with E-state index in [-0.39, 0.29) is 0 Å². The average molecular weight is 318 g/mol. The van der Waals surface area contributed by atoms with Gasteiger partial charge in [0, 0.05) is 36.8 Å². The third-order valence-corrected chi connectivity index (χ3v) is 3.97. The van der Waals surface area contributed by atoms with Crippen molar-refractivity contribution < 1.29 is 4.74 Å². The molecule has 0 aliphatic rings. The van der Waals surface area contributed by atoms with Crippen LogP contribution in [0.15, 0.2) is 78.9 Å².